The highest BCUT2D eigenvalue weighted by atomic mass is 16.2. The van der Waals surface area contributed by atoms with E-state index in [9.17, 15) is 9.59 Å². The van der Waals surface area contributed by atoms with Gasteiger partial charge in [-0.05, 0) is 68.7 Å². The fourth-order valence-corrected chi connectivity index (χ4v) is 4.43. The van der Waals surface area contributed by atoms with Crippen LogP contribution in [0, 0.1) is 13.8 Å². The molecule has 0 fully saturated rings. The molecule has 34 heavy (non-hydrogen) atoms. The maximum absolute atomic E-state index is 13.6. The lowest BCUT2D eigenvalue weighted by atomic mass is 9.97. The van der Waals surface area contributed by atoms with E-state index in [-0.39, 0.29) is 18.4 Å². The third-order valence-corrected chi connectivity index (χ3v) is 6.27. The van der Waals surface area contributed by atoms with Gasteiger partial charge in [0.25, 0.3) is 11.8 Å². The summed E-state index contributed by atoms with van der Waals surface area (Å²) in [7, 11) is 0. The number of amides is 2. The minimum absolute atomic E-state index is 0.235. The van der Waals surface area contributed by atoms with Crippen molar-refractivity contribution in [3.05, 3.63) is 101 Å². The number of carbonyl (C=O) groups is 2. The molecule has 0 spiro atoms. The van der Waals surface area contributed by atoms with Gasteiger partial charge in [-0.2, -0.15) is 0 Å². The molecule has 0 saturated heterocycles. The molecule has 0 unspecified atom stereocenters. The summed E-state index contributed by atoms with van der Waals surface area (Å²) in [5, 5.41) is 3.28. The van der Waals surface area contributed by atoms with E-state index in [2.05, 4.69) is 24.1 Å². The summed E-state index contributed by atoms with van der Waals surface area (Å²) in [6.07, 6.45) is 0. The molecule has 0 saturated carbocycles. The first-order valence-corrected chi connectivity index (χ1v) is 11.8. The summed E-state index contributed by atoms with van der Waals surface area (Å²) < 4.78 is 0. The molecule has 0 aliphatic carbocycles. The number of carbonyl (C=O) groups excluding carboxylic acids is 2. The van der Waals surface area contributed by atoms with E-state index in [4.69, 9.17) is 0 Å². The number of aryl methyl sites for hydroxylation is 2. The predicted octanol–water partition coefficient (Wildman–Crippen LogP) is 5.54. The van der Waals surface area contributed by atoms with Crippen LogP contribution in [0.5, 0.6) is 0 Å². The van der Waals surface area contributed by atoms with Crippen LogP contribution in [0.1, 0.15) is 36.1 Å². The van der Waals surface area contributed by atoms with Crippen molar-refractivity contribution >= 4 is 28.8 Å². The second-order valence-electron chi connectivity index (χ2n) is 8.59. The Kier molecular flexibility index (Phi) is 6.82. The highest BCUT2D eigenvalue weighted by Gasteiger charge is 2.39. The number of nitrogens with one attached hydrogen (secondary N) is 1. The first-order chi connectivity index (χ1) is 16.4. The molecular formula is C29H31N3O2. The largest absolute Gasteiger partial charge is 0.372 e. The molecule has 5 nitrogen and oxygen atoms in total. The van der Waals surface area contributed by atoms with Gasteiger partial charge in [-0.25, -0.2) is 0 Å². The number of anilines is 2. The third-order valence-electron chi connectivity index (χ3n) is 6.27. The molecule has 0 aromatic heterocycles. The summed E-state index contributed by atoms with van der Waals surface area (Å²) in [6.45, 7) is 10.3. The van der Waals surface area contributed by atoms with Gasteiger partial charge >= 0.3 is 0 Å². The van der Waals surface area contributed by atoms with Crippen molar-refractivity contribution in [2.45, 2.75) is 34.2 Å². The first-order valence-electron chi connectivity index (χ1n) is 11.8. The lowest BCUT2D eigenvalue weighted by Gasteiger charge is -2.21. The number of imide groups is 1. The number of hydrogen-bond acceptors (Lipinski definition) is 4. The Balaban J connectivity index is 1.72. The van der Waals surface area contributed by atoms with E-state index in [0.717, 1.165) is 46.7 Å². The van der Waals surface area contributed by atoms with E-state index in [1.54, 1.807) is 0 Å². The fraction of sp³-hybridized carbons (Fsp3) is 0.241. The maximum atomic E-state index is 13.6. The molecule has 0 atom stereocenters. The van der Waals surface area contributed by atoms with E-state index in [0.29, 0.717) is 11.3 Å². The molecule has 1 aliphatic rings. The highest BCUT2D eigenvalue weighted by molar-refractivity contribution is 6.36. The average Bonchev–Trinajstić information content (AvgIpc) is 3.06. The summed E-state index contributed by atoms with van der Waals surface area (Å²) in [5.41, 5.74) is 6.41. The molecule has 174 valence electrons. The Bertz CT molecular complexity index is 1230. The van der Waals surface area contributed by atoms with Crippen LogP contribution < -0.4 is 10.2 Å². The highest BCUT2D eigenvalue weighted by Crippen LogP contribution is 2.33. The zero-order valence-electron chi connectivity index (χ0n) is 20.3. The summed E-state index contributed by atoms with van der Waals surface area (Å²) in [4.78, 5) is 30.7. The smallest absolute Gasteiger partial charge is 0.278 e. The van der Waals surface area contributed by atoms with Gasteiger partial charge in [-0.1, -0.05) is 54.1 Å². The summed E-state index contributed by atoms with van der Waals surface area (Å²) in [5.74, 6) is -0.584. The third kappa shape index (κ3) is 4.60. The molecule has 1 N–H and O–H groups in total. The zero-order chi connectivity index (χ0) is 24.2. The molecular weight excluding hydrogens is 422 g/mol. The quantitative estimate of drug-likeness (QED) is 0.455. The Labute approximate surface area is 201 Å². The van der Waals surface area contributed by atoms with E-state index in [1.165, 1.54) is 4.90 Å². The van der Waals surface area contributed by atoms with Crippen molar-refractivity contribution in [3.8, 4) is 0 Å². The number of nitrogens with zero attached hydrogens (tertiary/aromatic N) is 2. The van der Waals surface area contributed by atoms with Crippen LogP contribution in [0.15, 0.2) is 78.5 Å². The molecule has 0 radical (unpaired) electrons. The minimum atomic E-state index is -0.309. The second kappa shape index (κ2) is 9.96. The van der Waals surface area contributed by atoms with Gasteiger partial charge in [0.1, 0.15) is 5.70 Å². The van der Waals surface area contributed by atoms with Crippen molar-refractivity contribution in [1.82, 2.24) is 4.90 Å². The standard InChI is InChI=1S/C29H31N3O2/c1-5-31(6-2)24-15-13-23(14-16-24)30-27-26(25-17-12-20(3)18-21(25)4)28(33)32(29(27)34)19-22-10-8-7-9-11-22/h7-18,30H,5-6,19H2,1-4H3. The van der Waals surface area contributed by atoms with Crippen molar-refractivity contribution in [2.75, 3.05) is 23.3 Å². The van der Waals surface area contributed by atoms with Crippen LogP contribution in [0.25, 0.3) is 5.57 Å². The molecule has 3 aromatic carbocycles. The van der Waals surface area contributed by atoms with Crippen molar-refractivity contribution in [3.63, 3.8) is 0 Å². The molecule has 4 rings (SSSR count). The second-order valence-corrected chi connectivity index (χ2v) is 8.59. The lowest BCUT2D eigenvalue weighted by molar-refractivity contribution is -0.137. The van der Waals surface area contributed by atoms with Crippen molar-refractivity contribution in [1.29, 1.82) is 0 Å². The monoisotopic (exact) mass is 453 g/mol. The molecule has 5 heteroatoms. The van der Waals surface area contributed by atoms with E-state index < -0.39 is 0 Å². The zero-order valence-corrected chi connectivity index (χ0v) is 20.3. The normalized spacial score (nSPS) is 13.6. The van der Waals surface area contributed by atoms with Crippen LogP contribution in [0.4, 0.5) is 11.4 Å². The first kappa shape index (κ1) is 23.3. The van der Waals surface area contributed by atoms with Crippen LogP contribution >= 0.6 is 0 Å². The number of hydrogen-bond donors (Lipinski definition) is 1. The average molecular weight is 454 g/mol. The Morgan fingerprint density at radius 3 is 2.12 bits per heavy atom. The number of benzene rings is 3. The van der Waals surface area contributed by atoms with Gasteiger partial charge in [0.15, 0.2) is 0 Å². The summed E-state index contributed by atoms with van der Waals surface area (Å²) in [6, 6.07) is 23.5. The minimum Gasteiger partial charge on any atom is -0.372 e. The molecule has 2 amide bonds. The van der Waals surface area contributed by atoms with Gasteiger partial charge in [0.05, 0.1) is 12.1 Å². The molecule has 1 heterocycles. The summed E-state index contributed by atoms with van der Waals surface area (Å²) >= 11 is 0. The van der Waals surface area contributed by atoms with Gasteiger partial charge in [-0.15, -0.1) is 0 Å². The van der Waals surface area contributed by atoms with Crippen LogP contribution in [0.2, 0.25) is 0 Å². The number of rotatable bonds is 8. The van der Waals surface area contributed by atoms with Crippen LogP contribution in [-0.2, 0) is 16.1 Å². The Hall–Kier alpha value is -3.86. The fourth-order valence-electron chi connectivity index (χ4n) is 4.43. The van der Waals surface area contributed by atoms with Gasteiger partial charge in [-0.3, -0.25) is 14.5 Å². The van der Waals surface area contributed by atoms with Gasteiger partial charge < -0.3 is 10.2 Å². The predicted molar refractivity (Wildman–Crippen MR) is 138 cm³/mol. The molecule has 0 bridgehead atoms. The Morgan fingerprint density at radius 1 is 0.824 bits per heavy atom. The van der Waals surface area contributed by atoms with Crippen molar-refractivity contribution < 1.29 is 9.59 Å². The van der Waals surface area contributed by atoms with Crippen LogP contribution in [-0.4, -0.2) is 29.8 Å². The molecule has 3 aromatic rings. The van der Waals surface area contributed by atoms with Crippen molar-refractivity contribution in [2.24, 2.45) is 0 Å². The van der Waals surface area contributed by atoms with Gasteiger partial charge in [0.2, 0.25) is 0 Å². The van der Waals surface area contributed by atoms with Gasteiger partial charge in [0, 0.05) is 24.5 Å². The topological polar surface area (TPSA) is 52.7 Å². The lowest BCUT2D eigenvalue weighted by Crippen LogP contribution is -2.32. The van der Waals surface area contributed by atoms with Crippen LogP contribution in [0.3, 0.4) is 0 Å². The van der Waals surface area contributed by atoms with E-state index in [1.807, 2.05) is 86.6 Å². The maximum Gasteiger partial charge on any atom is 0.278 e. The van der Waals surface area contributed by atoms with E-state index >= 15 is 0 Å². The molecule has 1 aliphatic heterocycles. The SMILES string of the molecule is CCN(CC)c1ccc(NC2=C(c3ccc(C)cc3C)C(=O)N(Cc3ccccc3)C2=O)cc1. The Morgan fingerprint density at radius 2 is 1.50 bits per heavy atom.